The molecule has 1 aliphatic rings. The Morgan fingerprint density at radius 1 is 1.47 bits per heavy atom. The van der Waals surface area contributed by atoms with Crippen molar-refractivity contribution in [2.24, 2.45) is 5.92 Å². The van der Waals surface area contributed by atoms with Crippen molar-refractivity contribution in [1.29, 1.82) is 0 Å². The number of carbonyl (C=O) groups excluding carboxylic acids is 1. The van der Waals surface area contributed by atoms with Gasteiger partial charge in [-0.15, -0.1) is 0 Å². The first kappa shape index (κ1) is 10.2. The first-order valence-electron chi connectivity index (χ1n) is 5.26. The molecule has 15 heavy (non-hydrogen) atoms. The van der Waals surface area contributed by atoms with Crippen molar-refractivity contribution in [2.75, 3.05) is 13.1 Å². The normalized spacial score (nSPS) is 23.0. The molecule has 2 rings (SSSR count). The van der Waals surface area contributed by atoms with E-state index >= 15 is 0 Å². The van der Waals surface area contributed by atoms with Crippen LogP contribution in [0, 0.1) is 5.92 Å². The minimum atomic E-state index is 0.155. The fraction of sp³-hybridized carbons (Fsp3) is 0.545. The summed E-state index contributed by atoms with van der Waals surface area (Å²) in [6.07, 6.45) is 4.16. The molecule has 1 unspecified atom stereocenters. The van der Waals surface area contributed by atoms with Crippen LogP contribution in [-0.2, 0) is 11.3 Å². The van der Waals surface area contributed by atoms with Crippen LogP contribution < -0.4 is 0 Å². The van der Waals surface area contributed by atoms with E-state index in [9.17, 15) is 4.79 Å². The molecule has 1 saturated heterocycles. The van der Waals surface area contributed by atoms with Crippen molar-refractivity contribution in [3.8, 4) is 0 Å². The molecular formula is C11H15N3O. The van der Waals surface area contributed by atoms with Crippen LogP contribution in [0.1, 0.15) is 19.2 Å². The van der Waals surface area contributed by atoms with Crippen molar-refractivity contribution < 1.29 is 4.79 Å². The zero-order valence-corrected chi connectivity index (χ0v) is 8.89. The standard InChI is InChI=1S/C11H15N3O/c1-9-7-14(6-3-10(9)15)8-11-12-4-2-5-13-11/h2,4-5,9H,3,6-8H2,1H3. The van der Waals surface area contributed by atoms with Gasteiger partial charge >= 0.3 is 0 Å². The Hall–Kier alpha value is -1.29. The van der Waals surface area contributed by atoms with Gasteiger partial charge in [0.15, 0.2) is 0 Å². The van der Waals surface area contributed by atoms with E-state index < -0.39 is 0 Å². The van der Waals surface area contributed by atoms with E-state index in [0.717, 1.165) is 25.5 Å². The minimum Gasteiger partial charge on any atom is -0.299 e. The van der Waals surface area contributed by atoms with E-state index in [1.165, 1.54) is 0 Å². The molecule has 4 nitrogen and oxygen atoms in total. The van der Waals surface area contributed by atoms with Crippen molar-refractivity contribution in [3.05, 3.63) is 24.3 Å². The molecule has 1 fully saturated rings. The van der Waals surface area contributed by atoms with Gasteiger partial charge in [-0.1, -0.05) is 6.92 Å². The summed E-state index contributed by atoms with van der Waals surface area (Å²) in [5.41, 5.74) is 0. The molecule has 2 heterocycles. The zero-order chi connectivity index (χ0) is 10.7. The van der Waals surface area contributed by atoms with Crippen LogP contribution in [0.25, 0.3) is 0 Å². The fourth-order valence-corrected chi connectivity index (χ4v) is 1.85. The minimum absolute atomic E-state index is 0.155. The summed E-state index contributed by atoms with van der Waals surface area (Å²) in [5.74, 6) is 1.36. The first-order chi connectivity index (χ1) is 7.25. The number of rotatable bonds is 2. The number of aromatic nitrogens is 2. The van der Waals surface area contributed by atoms with Crippen LogP contribution in [0.3, 0.4) is 0 Å². The quantitative estimate of drug-likeness (QED) is 0.719. The molecule has 0 aliphatic carbocycles. The molecule has 4 heteroatoms. The van der Waals surface area contributed by atoms with Gasteiger partial charge in [-0.05, 0) is 6.07 Å². The van der Waals surface area contributed by atoms with E-state index in [-0.39, 0.29) is 5.92 Å². The second-order valence-corrected chi connectivity index (χ2v) is 4.02. The number of nitrogens with zero attached hydrogens (tertiary/aromatic N) is 3. The average molecular weight is 205 g/mol. The van der Waals surface area contributed by atoms with Gasteiger partial charge in [0, 0.05) is 37.8 Å². The van der Waals surface area contributed by atoms with Gasteiger partial charge < -0.3 is 0 Å². The topological polar surface area (TPSA) is 46.1 Å². The largest absolute Gasteiger partial charge is 0.299 e. The Balaban J connectivity index is 1.94. The van der Waals surface area contributed by atoms with E-state index in [1.54, 1.807) is 12.4 Å². The number of likely N-dealkylation sites (tertiary alicyclic amines) is 1. The molecule has 0 amide bonds. The van der Waals surface area contributed by atoms with Crippen LogP contribution >= 0.6 is 0 Å². The molecule has 0 spiro atoms. The fourth-order valence-electron chi connectivity index (χ4n) is 1.85. The van der Waals surface area contributed by atoms with E-state index in [4.69, 9.17) is 0 Å². The van der Waals surface area contributed by atoms with Crippen LogP contribution in [-0.4, -0.2) is 33.7 Å². The third-order valence-electron chi connectivity index (χ3n) is 2.74. The SMILES string of the molecule is CC1CN(Cc2ncccn2)CCC1=O. The lowest BCUT2D eigenvalue weighted by Gasteiger charge is -2.29. The molecule has 1 atom stereocenters. The van der Waals surface area contributed by atoms with Crippen LogP contribution in [0.2, 0.25) is 0 Å². The highest BCUT2D eigenvalue weighted by Gasteiger charge is 2.23. The number of carbonyl (C=O) groups is 1. The third-order valence-corrected chi connectivity index (χ3v) is 2.74. The van der Waals surface area contributed by atoms with Crippen LogP contribution in [0.15, 0.2) is 18.5 Å². The maximum absolute atomic E-state index is 11.3. The molecule has 1 aromatic rings. The monoisotopic (exact) mass is 205 g/mol. The highest BCUT2D eigenvalue weighted by atomic mass is 16.1. The Morgan fingerprint density at radius 2 is 2.20 bits per heavy atom. The molecule has 0 bridgehead atoms. The predicted molar refractivity (Wildman–Crippen MR) is 56.1 cm³/mol. The van der Waals surface area contributed by atoms with Crippen molar-refractivity contribution >= 4 is 5.78 Å². The summed E-state index contributed by atoms with van der Waals surface area (Å²) in [6.45, 7) is 4.40. The van der Waals surface area contributed by atoms with Gasteiger partial charge in [-0.25, -0.2) is 9.97 Å². The van der Waals surface area contributed by atoms with Crippen molar-refractivity contribution in [1.82, 2.24) is 14.9 Å². The summed E-state index contributed by atoms with van der Waals surface area (Å²) in [4.78, 5) is 21.9. The third kappa shape index (κ3) is 2.59. The van der Waals surface area contributed by atoms with Crippen LogP contribution in [0.4, 0.5) is 0 Å². The lowest BCUT2D eigenvalue weighted by Crippen LogP contribution is -2.39. The lowest BCUT2D eigenvalue weighted by molar-refractivity contribution is -0.125. The van der Waals surface area contributed by atoms with Gasteiger partial charge in [0.1, 0.15) is 11.6 Å². The molecule has 1 aromatic heterocycles. The number of piperidine rings is 1. The molecule has 1 aliphatic heterocycles. The van der Waals surface area contributed by atoms with Gasteiger partial charge in [0.05, 0.1) is 6.54 Å². The molecule has 0 N–H and O–H groups in total. The first-order valence-corrected chi connectivity index (χ1v) is 5.26. The predicted octanol–water partition coefficient (Wildman–Crippen LogP) is 0.887. The number of ketones is 1. The molecular weight excluding hydrogens is 190 g/mol. The van der Waals surface area contributed by atoms with Gasteiger partial charge in [0.25, 0.3) is 0 Å². The summed E-state index contributed by atoms with van der Waals surface area (Å²) >= 11 is 0. The highest BCUT2D eigenvalue weighted by molar-refractivity contribution is 5.81. The molecule has 0 aromatic carbocycles. The summed E-state index contributed by atoms with van der Waals surface area (Å²) in [5, 5.41) is 0. The molecule has 0 radical (unpaired) electrons. The summed E-state index contributed by atoms with van der Waals surface area (Å²) in [6, 6.07) is 1.81. The van der Waals surface area contributed by atoms with E-state index in [1.807, 2.05) is 13.0 Å². The average Bonchev–Trinajstić information content (AvgIpc) is 2.25. The van der Waals surface area contributed by atoms with E-state index in [2.05, 4.69) is 14.9 Å². The second kappa shape index (κ2) is 4.49. The van der Waals surface area contributed by atoms with Crippen molar-refractivity contribution in [2.45, 2.75) is 19.9 Å². The van der Waals surface area contributed by atoms with E-state index in [0.29, 0.717) is 12.2 Å². The second-order valence-electron chi connectivity index (χ2n) is 4.02. The van der Waals surface area contributed by atoms with Crippen LogP contribution in [0.5, 0.6) is 0 Å². The summed E-state index contributed by atoms with van der Waals surface area (Å²) < 4.78 is 0. The zero-order valence-electron chi connectivity index (χ0n) is 8.89. The highest BCUT2D eigenvalue weighted by Crippen LogP contribution is 2.13. The van der Waals surface area contributed by atoms with Gasteiger partial charge in [-0.2, -0.15) is 0 Å². The smallest absolute Gasteiger partial charge is 0.142 e. The molecule has 0 saturated carbocycles. The van der Waals surface area contributed by atoms with Crippen molar-refractivity contribution in [3.63, 3.8) is 0 Å². The Bertz CT molecular complexity index is 339. The lowest BCUT2D eigenvalue weighted by atomic mass is 9.99. The Morgan fingerprint density at radius 3 is 2.87 bits per heavy atom. The Kier molecular flexibility index (Phi) is 3.06. The van der Waals surface area contributed by atoms with Gasteiger partial charge in [-0.3, -0.25) is 9.69 Å². The Labute approximate surface area is 89.3 Å². The summed E-state index contributed by atoms with van der Waals surface area (Å²) in [7, 11) is 0. The maximum atomic E-state index is 11.3. The number of hydrogen-bond donors (Lipinski definition) is 0. The number of hydrogen-bond acceptors (Lipinski definition) is 4. The maximum Gasteiger partial charge on any atom is 0.142 e. The number of Topliss-reactive ketones (excluding diaryl/α,β-unsaturated/α-hetero) is 1. The van der Waals surface area contributed by atoms with Gasteiger partial charge in [0.2, 0.25) is 0 Å². The molecule has 80 valence electrons.